The number of fused-ring (bicyclic) bond motifs is 1. The lowest BCUT2D eigenvalue weighted by Crippen LogP contribution is -2.47. The molecule has 112 valence electrons. The molecular weight excluding hydrogens is 268 g/mol. The molecule has 1 saturated heterocycles. The van der Waals surface area contributed by atoms with Crippen LogP contribution in [-0.4, -0.2) is 59.9 Å². The number of amides is 1. The molecule has 0 radical (unpaired) electrons. The first-order valence-corrected chi connectivity index (χ1v) is 7.29. The predicted octanol–water partition coefficient (Wildman–Crippen LogP) is 1.01. The molecule has 6 heteroatoms. The number of para-hydroxylation sites is 1. The summed E-state index contributed by atoms with van der Waals surface area (Å²) in [6, 6.07) is 7.94. The molecule has 0 saturated carbocycles. The highest BCUT2D eigenvalue weighted by Gasteiger charge is 2.19. The monoisotopic (exact) mass is 288 g/mol. The Hall–Kier alpha value is -1.92. The molecule has 0 spiro atoms. The van der Waals surface area contributed by atoms with Crippen molar-refractivity contribution in [3.63, 3.8) is 0 Å². The summed E-state index contributed by atoms with van der Waals surface area (Å²) in [6.07, 6.45) is 0. The second-order valence-electron chi connectivity index (χ2n) is 5.33. The molecule has 21 heavy (non-hydrogen) atoms. The highest BCUT2D eigenvalue weighted by atomic mass is 16.5. The Morgan fingerprint density at radius 3 is 3.00 bits per heavy atom. The third-order valence-electron chi connectivity index (χ3n) is 3.91. The lowest BCUT2D eigenvalue weighted by atomic mass is 10.2. The summed E-state index contributed by atoms with van der Waals surface area (Å²) in [4.78, 5) is 14.6. The molecular formula is C15H20N4O2. The summed E-state index contributed by atoms with van der Waals surface area (Å²) in [6.45, 7) is 6.10. The number of hydrogen-bond donors (Lipinski definition) is 2. The Balaban J connectivity index is 1.61. The van der Waals surface area contributed by atoms with E-state index >= 15 is 0 Å². The number of nitrogens with one attached hydrogen (secondary N) is 2. The van der Waals surface area contributed by atoms with E-state index in [1.165, 1.54) is 0 Å². The van der Waals surface area contributed by atoms with Crippen molar-refractivity contribution in [1.82, 2.24) is 20.4 Å². The zero-order valence-electron chi connectivity index (χ0n) is 12.1. The summed E-state index contributed by atoms with van der Waals surface area (Å²) >= 11 is 0. The van der Waals surface area contributed by atoms with Crippen LogP contribution in [0.25, 0.3) is 10.9 Å². The molecule has 1 aliphatic rings. The van der Waals surface area contributed by atoms with Gasteiger partial charge >= 0.3 is 0 Å². The van der Waals surface area contributed by atoms with Crippen LogP contribution in [0.3, 0.4) is 0 Å². The molecule has 0 bridgehead atoms. The maximum absolute atomic E-state index is 12.3. The fourth-order valence-electron chi connectivity index (χ4n) is 2.61. The normalized spacial score (nSPS) is 17.8. The van der Waals surface area contributed by atoms with Gasteiger partial charge in [-0.1, -0.05) is 18.2 Å². The number of carbonyl (C=O) groups is 1. The zero-order valence-corrected chi connectivity index (χ0v) is 12.1. The summed E-state index contributed by atoms with van der Waals surface area (Å²) < 4.78 is 5.34. The first-order chi connectivity index (χ1) is 10.3. The lowest BCUT2D eigenvalue weighted by molar-refractivity contribution is 0.0204. The molecule has 1 aromatic carbocycles. The van der Waals surface area contributed by atoms with Crippen LogP contribution in [0.4, 0.5) is 0 Å². The Morgan fingerprint density at radius 2 is 2.19 bits per heavy atom. The summed E-state index contributed by atoms with van der Waals surface area (Å²) in [5.41, 5.74) is 1.34. The van der Waals surface area contributed by atoms with Crippen LogP contribution in [0.5, 0.6) is 0 Å². The Bertz CT molecular complexity index is 619. The van der Waals surface area contributed by atoms with Crippen molar-refractivity contribution in [3.8, 4) is 0 Å². The number of carbonyl (C=O) groups excluding carboxylic acids is 1. The van der Waals surface area contributed by atoms with Crippen LogP contribution in [0.1, 0.15) is 17.4 Å². The minimum atomic E-state index is -0.132. The molecule has 1 atom stereocenters. The minimum Gasteiger partial charge on any atom is -0.379 e. The highest BCUT2D eigenvalue weighted by Crippen LogP contribution is 2.14. The van der Waals surface area contributed by atoms with Gasteiger partial charge in [-0.3, -0.25) is 14.8 Å². The first kappa shape index (κ1) is 14.0. The summed E-state index contributed by atoms with van der Waals surface area (Å²) in [5.74, 6) is -0.132. The molecule has 0 unspecified atom stereocenters. The number of aromatic nitrogens is 2. The fraction of sp³-hybridized carbons (Fsp3) is 0.467. The van der Waals surface area contributed by atoms with Crippen molar-refractivity contribution in [2.24, 2.45) is 0 Å². The van der Waals surface area contributed by atoms with E-state index < -0.39 is 0 Å². The molecule has 2 aromatic rings. The van der Waals surface area contributed by atoms with E-state index in [4.69, 9.17) is 4.74 Å². The predicted molar refractivity (Wildman–Crippen MR) is 80.3 cm³/mol. The van der Waals surface area contributed by atoms with Crippen LogP contribution in [0.2, 0.25) is 0 Å². The maximum atomic E-state index is 12.3. The smallest absolute Gasteiger partial charge is 0.272 e. The quantitative estimate of drug-likeness (QED) is 0.881. The van der Waals surface area contributed by atoms with Crippen molar-refractivity contribution in [2.75, 3.05) is 32.8 Å². The van der Waals surface area contributed by atoms with E-state index in [0.29, 0.717) is 18.3 Å². The Labute approximate surface area is 123 Å². The number of morpholine rings is 1. The average Bonchev–Trinajstić information content (AvgIpc) is 2.97. The standard InChI is InChI=1S/C15H20N4O2/c1-11(19-6-8-21-9-7-19)10-16-15(20)14-12-4-2-3-5-13(12)17-18-14/h2-5,11H,6-10H2,1H3,(H,16,20)(H,17,18)/t11-/m1/s1. The number of hydrogen-bond acceptors (Lipinski definition) is 4. The molecule has 1 aliphatic heterocycles. The fourth-order valence-corrected chi connectivity index (χ4v) is 2.61. The molecule has 1 fully saturated rings. The van der Waals surface area contributed by atoms with E-state index in [1.54, 1.807) is 0 Å². The Kier molecular flexibility index (Phi) is 4.17. The number of benzene rings is 1. The number of ether oxygens (including phenoxy) is 1. The van der Waals surface area contributed by atoms with Crippen LogP contribution in [-0.2, 0) is 4.74 Å². The van der Waals surface area contributed by atoms with E-state index in [0.717, 1.165) is 37.2 Å². The number of H-pyrrole nitrogens is 1. The van der Waals surface area contributed by atoms with Crippen molar-refractivity contribution in [3.05, 3.63) is 30.0 Å². The molecule has 3 rings (SSSR count). The van der Waals surface area contributed by atoms with Gasteiger partial charge < -0.3 is 10.1 Å². The topological polar surface area (TPSA) is 70.2 Å². The van der Waals surface area contributed by atoms with E-state index in [1.807, 2.05) is 24.3 Å². The second kappa shape index (κ2) is 6.24. The molecule has 0 aliphatic carbocycles. The molecule has 1 amide bonds. The van der Waals surface area contributed by atoms with Crippen LogP contribution >= 0.6 is 0 Å². The van der Waals surface area contributed by atoms with E-state index in [2.05, 4.69) is 27.3 Å². The number of rotatable bonds is 4. The number of nitrogens with zero attached hydrogens (tertiary/aromatic N) is 2. The lowest BCUT2D eigenvalue weighted by Gasteiger charge is -2.32. The van der Waals surface area contributed by atoms with Crippen molar-refractivity contribution in [2.45, 2.75) is 13.0 Å². The van der Waals surface area contributed by atoms with Gasteiger partial charge in [0.05, 0.1) is 18.7 Å². The largest absolute Gasteiger partial charge is 0.379 e. The third kappa shape index (κ3) is 3.06. The van der Waals surface area contributed by atoms with Crippen molar-refractivity contribution >= 4 is 16.8 Å². The van der Waals surface area contributed by atoms with Crippen molar-refractivity contribution in [1.29, 1.82) is 0 Å². The third-order valence-corrected chi connectivity index (χ3v) is 3.91. The Morgan fingerprint density at radius 1 is 1.43 bits per heavy atom. The van der Waals surface area contributed by atoms with Crippen LogP contribution in [0.15, 0.2) is 24.3 Å². The minimum absolute atomic E-state index is 0.132. The summed E-state index contributed by atoms with van der Waals surface area (Å²) in [5, 5.41) is 10.8. The van der Waals surface area contributed by atoms with Gasteiger partial charge in [0.15, 0.2) is 5.69 Å². The summed E-state index contributed by atoms with van der Waals surface area (Å²) in [7, 11) is 0. The van der Waals surface area contributed by atoms with Crippen LogP contribution in [0, 0.1) is 0 Å². The zero-order chi connectivity index (χ0) is 14.7. The first-order valence-electron chi connectivity index (χ1n) is 7.29. The van der Waals surface area contributed by atoms with Gasteiger partial charge in [0.1, 0.15) is 0 Å². The van der Waals surface area contributed by atoms with E-state index in [-0.39, 0.29) is 5.91 Å². The highest BCUT2D eigenvalue weighted by molar-refractivity contribution is 6.04. The maximum Gasteiger partial charge on any atom is 0.272 e. The van der Waals surface area contributed by atoms with Gasteiger partial charge in [-0.2, -0.15) is 5.10 Å². The molecule has 2 heterocycles. The van der Waals surface area contributed by atoms with Gasteiger partial charge in [0.2, 0.25) is 0 Å². The van der Waals surface area contributed by atoms with Crippen LogP contribution < -0.4 is 5.32 Å². The van der Waals surface area contributed by atoms with Gasteiger partial charge in [0.25, 0.3) is 5.91 Å². The van der Waals surface area contributed by atoms with Gasteiger partial charge in [0, 0.05) is 31.1 Å². The van der Waals surface area contributed by atoms with Gasteiger partial charge in [-0.25, -0.2) is 0 Å². The van der Waals surface area contributed by atoms with Crippen molar-refractivity contribution < 1.29 is 9.53 Å². The molecule has 2 N–H and O–H groups in total. The van der Waals surface area contributed by atoms with Gasteiger partial charge in [-0.05, 0) is 13.0 Å². The number of aromatic amines is 1. The van der Waals surface area contributed by atoms with Gasteiger partial charge in [-0.15, -0.1) is 0 Å². The second-order valence-corrected chi connectivity index (χ2v) is 5.33. The molecule has 1 aromatic heterocycles. The average molecular weight is 288 g/mol. The SMILES string of the molecule is C[C@H](CNC(=O)c1n[nH]c2ccccc12)N1CCOCC1. The van der Waals surface area contributed by atoms with E-state index in [9.17, 15) is 4.79 Å². The molecule has 6 nitrogen and oxygen atoms in total.